The van der Waals surface area contributed by atoms with Gasteiger partial charge in [-0.05, 0) is 0 Å². The molecule has 0 aliphatic heterocycles. The maximum Gasteiger partial charge on any atom is 0.208 e. The van der Waals surface area contributed by atoms with Gasteiger partial charge in [-0.1, -0.05) is 24.3 Å². The van der Waals surface area contributed by atoms with Crippen LogP contribution in [0.4, 0.5) is 0 Å². The van der Waals surface area contributed by atoms with E-state index in [1.54, 1.807) is 38.5 Å². The van der Waals surface area contributed by atoms with E-state index in [4.69, 9.17) is 28.4 Å². The second-order valence-corrected chi connectivity index (χ2v) is 5.81. The minimum atomic E-state index is -0.0967. The van der Waals surface area contributed by atoms with Gasteiger partial charge in [0.1, 0.15) is 13.2 Å². The summed E-state index contributed by atoms with van der Waals surface area (Å²) in [5.74, 6) is -0.0481. The molecule has 0 amide bonds. The lowest BCUT2D eigenvalue weighted by Gasteiger charge is -2.18. The van der Waals surface area contributed by atoms with Crippen molar-refractivity contribution in [1.29, 1.82) is 0 Å². The Bertz CT molecular complexity index is 658. The maximum atomic E-state index is 10.6. The van der Waals surface area contributed by atoms with Gasteiger partial charge >= 0.3 is 0 Å². The highest BCUT2D eigenvalue weighted by Crippen LogP contribution is 2.49. The zero-order valence-electron chi connectivity index (χ0n) is 16.3. The second-order valence-electron chi connectivity index (χ2n) is 5.81. The molecule has 2 rings (SSSR count). The largest absolute Gasteiger partial charge is 0.504 e. The van der Waals surface area contributed by atoms with Crippen LogP contribution in [0.1, 0.15) is 0 Å². The van der Waals surface area contributed by atoms with Crippen molar-refractivity contribution in [3.05, 3.63) is 24.3 Å². The molecule has 156 valence electrons. The van der Waals surface area contributed by atoms with Crippen molar-refractivity contribution in [3.63, 3.8) is 0 Å². The van der Waals surface area contributed by atoms with E-state index >= 15 is 0 Å². The summed E-state index contributed by atoms with van der Waals surface area (Å²) < 4.78 is 31.9. The summed E-state index contributed by atoms with van der Waals surface area (Å²) in [5, 5.41) is 22.2. The van der Waals surface area contributed by atoms with E-state index < -0.39 is 0 Å². The molecule has 0 spiro atoms. The Kier molecular flexibility index (Phi) is 9.64. The van der Waals surface area contributed by atoms with E-state index in [9.17, 15) is 10.2 Å². The van der Waals surface area contributed by atoms with Crippen LogP contribution in [0.5, 0.6) is 23.0 Å². The smallest absolute Gasteiger partial charge is 0.208 e. The Labute approximate surface area is 164 Å². The van der Waals surface area contributed by atoms with Crippen molar-refractivity contribution in [1.82, 2.24) is 0 Å². The van der Waals surface area contributed by atoms with Gasteiger partial charge in [-0.15, -0.1) is 0 Å². The van der Waals surface area contributed by atoms with Crippen molar-refractivity contribution in [3.8, 4) is 23.0 Å². The number of hydrogen-bond acceptors (Lipinski definition) is 8. The van der Waals surface area contributed by atoms with E-state index in [0.717, 1.165) is 0 Å². The number of hydrogen-bond donors (Lipinski definition) is 2. The van der Waals surface area contributed by atoms with Crippen molar-refractivity contribution >= 4 is 10.8 Å². The van der Waals surface area contributed by atoms with Crippen LogP contribution in [-0.4, -0.2) is 77.3 Å². The number of aromatic hydroxyl groups is 2. The summed E-state index contributed by atoms with van der Waals surface area (Å²) in [6.07, 6.45) is 0. The minimum Gasteiger partial charge on any atom is -0.504 e. The van der Waals surface area contributed by atoms with Gasteiger partial charge in [0.2, 0.25) is 11.5 Å². The molecule has 2 N–H and O–H groups in total. The highest BCUT2D eigenvalue weighted by molar-refractivity contribution is 5.98. The van der Waals surface area contributed by atoms with E-state index in [0.29, 0.717) is 50.4 Å². The van der Waals surface area contributed by atoms with Crippen molar-refractivity contribution in [2.75, 3.05) is 67.1 Å². The number of phenols is 2. The monoisotopic (exact) mass is 396 g/mol. The van der Waals surface area contributed by atoms with Gasteiger partial charge in [0, 0.05) is 25.0 Å². The molecule has 0 aliphatic carbocycles. The number of rotatable bonds is 14. The normalized spacial score (nSPS) is 11.1. The second kappa shape index (κ2) is 12.2. The van der Waals surface area contributed by atoms with Crippen LogP contribution in [0.15, 0.2) is 24.3 Å². The highest BCUT2D eigenvalue weighted by Gasteiger charge is 2.21. The third-order valence-electron chi connectivity index (χ3n) is 3.89. The van der Waals surface area contributed by atoms with Crippen LogP contribution in [0, 0.1) is 0 Å². The third-order valence-corrected chi connectivity index (χ3v) is 3.89. The zero-order chi connectivity index (χ0) is 20.2. The molecule has 8 nitrogen and oxygen atoms in total. The van der Waals surface area contributed by atoms with Crippen molar-refractivity contribution in [2.45, 2.75) is 0 Å². The molecule has 0 heterocycles. The standard InChI is InChI=1S/C20H28O8/c1-23-7-9-25-11-13-27-19-17(21)15-5-3-4-6-16(15)18(22)20(19)28-14-12-26-10-8-24-2/h3-6,21-22H,7-14H2,1-2H3. The molecule has 0 unspecified atom stereocenters. The Morgan fingerprint density at radius 3 is 1.39 bits per heavy atom. The SMILES string of the molecule is COCCOCCOc1c(OCCOCCOC)c(O)c2ccccc2c1O. The number of fused-ring (bicyclic) bond motifs is 1. The van der Waals surface area contributed by atoms with Gasteiger partial charge < -0.3 is 38.6 Å². The van der Waals surface area contributed by atoms with Gasteiger partial charge in [-0.2, -0.15) is 0 Å². The number of benzene rings is 2. The molecular weight excluding hydrogens is 368 g/mol. The fourth-order valence-electron chi connectivity index (χ4n) is 2.52. The first-order valence-corrected chi connectivity index (χ1v) is 9.06. The molecule has 0 radical (unpaired) electrons. The van der Waals surface area contributed by atoms with Gasteiger partial charge in [0.25, 0.3) is 0 Å². The molecule has 0 saturated heterocycles. The van der Waals surface area contributed by atoms with Crippen molar-refractivity contribution in [2.24, 2.45) is 0 Å². The van der Waals surface area contributed by atoms with Gasteiger partial charge in [-0.25, -0.2) is 0 Å². The van der Waals surface area contributed by atoms with E-state index in [-0.39, 0.29) is 36.2 Å². The first kappa shape index (κ1) is 22.0. The fraction of sp³-hybridized carbons (Fsp3) is 0.500. The molecule has 28 heavy (non-hydrogen) atoms. The minimum absolute atomic E-state index is 0.0726. The van der Waals surface area contributed by atoms with E-state index in [1.807, 2.05) is 0 Å². The van der Waals surface area contributed by atoms with Gasteiger partial charge in [0.05, 0.1) is 39.6 Å². The molecular formula is C20H28O8. The maximum absolute atomic E-state index is 10.6. The molecule has 0 aliphatic rings. The van der Waals surface area contributed by atoms with Crippen LogP contribution in [0.3, 0.4) is 0 Å². The summed E-state index contributed by atoms with van der Waals surface area (Å²) in [4.78, 5) is 0. The molecule has 2 aromatic rings. The summed E-state index contributed by atoms with van der Waals surface area (Å²) in [6, 6.07) is 6.93. The van der Waals surface area contributed by atoms with Crippen molar-refractivity contribution < 1.29 is 38.6 Å². The lowest BCUT2D eigenvalue weighted by Crippen LogP contribution is -2.13. The quantitative estimate of drug-likeness (QED) is 0.371. The Morgan fingerprint density at radius 1 is 0.607 bits per heavy atom. The van der Waals surface area contributed by atoms with Crippen LogP contribution >= 0.6 is 0 Å². The summed E-state index contributed by atoms with van der Waals surface area (Å²) >= 11 is 0. The lowest BCUT2D eigenvalue weighted by atomic mass is 10.1. The highest BCUT2D eigenvalue weighted by atomic mass is 16.6. The summed E-state index contributed by atoms with van der Waals surface area (Å²) in [5.41, 5.74) is 0. The van der Waals surface area contributed by atoms with Gasteiger partial charge in [0.15, 0.2) is 11.5 Å². The van der Waals surface area contributed by atoms with Gasteiger partial charge in [-0.3, -0.25) is 0 Å². The Hall–Kier alpha value is -2.26. The average Bonchev–Trinajstić information content (AvgIpc) is 2.72. The molecule has 0 fully saturated rings. The fourth-order valence-corrected chi connectivity index (χ4v) is 2.52. The number of methoxy groups -OCH3 is 2. The summed E-state index contributed by atoms with van der Waals surface area (Å²) in [6.45, 7) is 2.81. The molecule has 8 heteroatoms. The molecule has 2 aromatic carbocycles. The predicted molar refractivity (Wildman–Crippen MR) is 104 cm³/mol. The zero-order valence-corrected chi connectivity index (χ0v) is 16.3. The van der Waals surface area contributed by atoms with Crippen LogP contribution in [0.2, 0.25) is 0 Å². The number of ether oxygens (including phenoxy) is 6. The summed E-state index contributed by atoms with van der Waals surface area (Å²) in [7, 11) is 3.19. The molecule has 0 saturated carbocycles. The van der Waals surface area contributed by atoms with Crippen LogP contribution in [-0.2, 0) is 18.9 Å². The lowest BCUT2D eigenvalue weighted by molar-refractivity contribution is 0.0491. The van der Waals surface area contributed by atoms with E-state index in [1.165, 1.54) is 0 Å². The van der Waals surface area contributed by atoms with Crippen LogP contribution in [0.25, 0.3) is 10.8 Å². The topological polar surface area (TPSA) is 95.8 Å². The molecule has 0 bridgehead atoms. The first-order chi connectivity index (χ1) is 13.7. The average molecular weight is 396 g/mol. The van der Waals surface area contributed by atoms with E-state index in [2.05, 4.69) is 0 Å². The third kappa shape index (κ3) is 6.13. The molecule has 0 aromatic heterocycles. The Morgan fingerprint density at radius 2 is 1.00 bits per heavy atom. The number of phenolic OH excluding ortho intramolecular Hbond substituents is 2. The predicted octanol–water partition coefficient (Wildman–Crippen LogP) is 2.33. The molecule has 0 atom stereocenters. The van der Waals surface area contributed by atoms with Crippen LogP contribution < -0.4 is 9.47 Å². The first-order valence-electron chi connectivity index (χ1n) is 9.06. The Balaban J connectivity index is 2.10.